The minimum absolute atomic E-state index is 0.00604. The molecule has 0 bridgehead atoms. The van der Waals surface area contributed by atoms with Gasteiger partial charge in [-0.05, 0) is 51.3 Å². The summed E-state index contributed by atoms with van der Waals surface area (Å²) < 4.78 is 5.64. The molecule has 1 saturated carbocycles. The molecule has 1 fully saturated rings. The summed E-state index contributed by atoms with van der Waals surface area (Å²) in [5, 5.41) is 6.11. The quantitative estimate of drug-likeness (QED) is 0.762. The highest BCUT2D eigenvalue weighted by Gasteiger charge is 2.20. The van der Waals surface area contributed by atoms with Gasteiger partial charge in [-0.25, -0.2) is 0 Å². The minimum Gasteiger partial charge on any atom is -0.491 e. The second kappa shape index (κ2) is 7.29. The molecule has 0 aliphatic heterocycles. The lowest BCUT2D eigenvalue weighted by molar-refractivity contribution is -0.121. The molecule has 1 amide bonds. The van der Waals surface area contributed by atoms with Gasteiger partial charge in [-0.2, -0.15) is 0 Å². The van der Waals surface area contributed by atoms with E-state index in [4.69, 9.17) is 4.74 Å². The summed E-state index contributed by atoms with van der Waals surface area (Å²) in [6.45, 7) is 5.83. The van der Waals surface area contributed by atoms with Gasteiger partial charge in [-0.1, -0.05) is 17.7 Å². The van der Waals surface area contributed by atoms with E-state index in [1.807, 2.05) is 38.1 Å². The Morgan fingerprint density at radius 1 is 1.35 bits per heavy atom. The van der Waals surface area contributed by atoms with E-state index in [-0.39, 0.29) is 11.9 Å². The third kappa shape index (κ3) is 5.61. The molecule has 2 rings (SSSR count). The van der Waals surface area contributed by atoms with E-state index in [9.17, 15) is 4.79 Å². The number of hydrogen-bond acceptors (Lipinski definition) is 3. The number of hydrogen-bond donors (Lipinski definition) is 2. The van der Waals surface area contributed by atoms with Crippen molar-refractivity contribution >= 4 is 5.91 Å². The van der Waals surface area contributed by atoms with Crippen LogP contribution in [0, 0.1) is 12.8 Å². The molecule has 2 N–H and O–H groups in total. The van der Waals surface area contributed by atoms with Crippen molar-refractivity contribution in [3.63, 3.8) is 0 Å². The number of rotatable bonds is 8. The average Bonchev–Trinajstić information content (AvgIpc) is 3.22. The van der Waals surface area contributed by atoms with Gasteiger partial charge in [0, 0.05) is 0 Å². The molecule has 0 aromatic heterocycles. The SMILES string of the molecule is Cc1ccc(OCC(C)NC(=O)CNCC2CC2)cc1. The lowest BCUT2D eigenvalue weighted by atomic mass is 10.2. The normalized spacial score (nSPS) is 15.7. The topological polar surface area (TPSA) is 50.4 Å². The molecule has 1 aliphatic carbocycles. The van der Waals surface area contributed by atoms with Gasteiger partial charge in [0.05, 0.1) is 12.6 Å². The molecular weight excluding hydrogens is 252 g/mol. The summed E-state index contributed by atoms with van der Waals surface area (Å²) in [7, 11) is 0. The molecule has 0 radical (unpaired) electrons. The van der Waals surface area contributed by atoms with Crippen molar-refractivity contribution in [2.45, 2.75) is 32.7 Å². The van der Waals surface area contributed by atoms with Crippen LogP contribution in [0.3, 0.4) is 0 Å². The number of nitrogens with one attached hydrogen (secondary N) is 2. The summed E-state index contributed by atoms with van der Waals surface area (Å²) in [6, 6.07) is 7.93. The van der Waals surface area contributed by atoms with Gasteiger partial charge in [0.25, 0.3) is 0 Å². The fourth-order valence-electron chi connectivity index (χ4n) is 1.94. The van der Waals surface area contributed by atoms with Crippen LogP contribution in [0.1, 0.15) is 25.3 Å². The maximum atomic E-state index is 11.7. The summed E-state index contributed by atoms with van der Waals surface area (Å²) in [6.07, 6.45) is 2.60. The number of carbonyl (C=O) groups is 1. The van der Waals surface area contributed by atoms with E-state index < -0.39 is 0 Å². The molecule has 0 spiro atoms. The fraction of sp³-hybridized carbons (Fsp3) is 0.562. The minimum atomic E-state index is 0.00604. The van der Waals surface area contributed by atoms with E-state index in [0.29, 0.717) is 13.2 Å². The van der Waals surface area contributed by atoms with Crippen molar-refractivity contribution in [1.82, 2.24) is 10.6 Å². The second-order valence-corrected chi connectivity index (χ2v) is 5.67. The van der Waals surface area contributed by atoms with Crippen LogP contribution in [0.4, 0.5) is 0 Å². The Morgan fingerprint density at radius 2 is 2.05 bits per heavy atom. The maximum absolute atomic E-state index is 11.7. The summed E-state index contributed by atoms with van der Waals surface area (Å²) in [5.74, 6) is 1.67. The average molecular weight is 276 g/mol. The molecule has 1 aromatic rings. The number of carbonyl (C=O) groups excluding carboxylic acids is 1. The fourth-order valence-corrected chi connectivity index (χ4v) is 1.94. The number of ether oxygens (including phenoxy) is 1. The van der Waals surface area contributed by atoms with Gasteiger partial charge in [0.15, 0.2) is 0 Å². The van der Waals surface area contributed by atoms with Gasteiger partial charge >= 0.3 is 0 Å². The van der Waals surface area contributed by atoms with Crippen LogP contribution in [0.25, 0.3) is 0 Å². The van der Waals surface area contributed by atoms with Crippen LogP contribution >= 0.6 is 0 Å². The standard InChI is InChI=1S/C16H24N2O2/c1-12-3-7-15(8-4-12)20-11-13(2)18-16(19)10-17-9-14-5-6-14/h3-4,7-8,13-14,17H,5-6,9-11H2,1-2H3,(H,18,19). The summed E-state index contributed by atoms with van der Waals surface area (Å²) in [5.41, 5.74) is 1.21. The molecule has 4 heteroatoms. The monoisotopic (exact) mass is 276 g/mol. The van der Waals surface area contributed by atoms with Crippen LogP contribution in [-0.2, 0) is 4.79 Å². The van der Waals surface area contributed by atoms with Gasteiger partial charge < -0.3 is 15.4 Å². The molecule has 0 saturated heterocycles. The van der Waals surface area contributed by atoms with E-state index in [0.717, 1.165) is 18.2 Å². The van der Waals surface area contributed by atoms with Crippen molar-refractivity contribution in [1.29, 1.82) is 0 Å². The van der Waals surface area contributed by atoms with Crippen molar-refractivity contribution in [2.24, 2.45) is 5.92 Å². The van der Waals surface area contributed by atoms with Crippen molar-refractivity contribution in [2.75, 3.05) is 19.7 Å². The van der Waals surface area contributed by atoms with Crippen molar-refractivity contribution in [3.05, 3.63) is 29.8 Å². The Morgan fingerprint density at radius 3 is 2.70 bits per heavy atom. The molecule has 4 nitrogen and oxygen atoms in total. The van der Waals surface area contributed by atoms with Gasteiger partial charge in [0.1, 0.15) is 12.4 Å². The Hall–Kier alpha value is -1.55. The lowest BCUT2D eigenvalue weighted by Crippen LogP contribution is -2.42. The van der Waals surface area contributed by atoms with Gasteiger partial charge in [-0.3, -0.25) is 4.79 Å². The Labute approximate surface area is 120 Å². The molecule has 1 atom stereocenters. The van der Waals surface area contributed by atoms with Crippen LogP contribution < -0.4 is 15.4 Å². The largest absolute Gasteiger partial charge is 0.491 e. The van der Waals surface area contributed by atoms with E-state index in [2.05, 4.69) is 10.6 Å². The first-order chi connectivity index (χ1) is 9.63. The molecule has 0 heterocycles. The molecule has 1 unspecified atom stereocenters. The predicted molar refractivity (Wildman–Crippen MR) is 79.9 cm³/mol. The van der Waals surface area contributed by atoms with Crippen LogP contribution in [0.15, 0.2) is 24.3 Å². The highest BCUT2D eigenvalue weighted by molar-refractivity contribution is 5.78. The van der Waals surface area contributed by atoms with Crippen LogP contribution in [0.2, 0.25) is 0 Å². The maximum Gasteiger partial charge on any atom is 0.234 e. The van der Waals surface area contributed by atoms with Gasteiger partial charge in [0.2, 0.25) is 5.91 Å². The highest BCUT2D eigenvalue weighted by Crippen LogP contribution is 2.27. The summed E-state index contributed by atoms with van der Waals surface area (Å²) >= 11 is 0. The lowest BCUT2D eigenvalue weighted by Gasteiger charge is -2.15. The Balaban J connectivity index is 1.59. The third-order valence-electron chi connectivity index (χ3n) is 3.34. The molecule has 1 aromatic carbocycles. The molecular formula is C16H24N2O2. The first-order valence-electron chi connectivity index (χ1n) is 7.33. The molecule has 20 heavy (non-hydrogen) atoms. The number of benzene rings is 1. The van der Waals surface area contributed by atoms with Crippen LogP contribution in [0.5, 0.6) is 5.75 Å². The number of aryl methyl sites for hydroxylation is 1. The van der Waals surface area contributed by atoms with Gasteiger partial charge in [-0.15, -0.1) is 0 Å². The zero-order valence-corrected chi connectivity index (χ0v) is 12.3. The van der Waals surface area contributed by atoms with E-state index in [1.165, 1.54) is 18.4 Å². The first kappa shape index (κ1) is 14.9. The van der Waals surface area contributed by atoms with E-state index in [1.54, 1.807) is 0 Å². The zero-order valence-electron chi connectivity index (χ0n) is 12.3. The van der Waals surface area contributed by atoms with Crippen molar-refractivity contribution < 1.29 is 9.53 Å². The van der Waals surface area contributed by atoms with Crippen LogP contribution in [-0.4, -0.2) is 31.6 Å². The Kier molecular flexibility index (Phi) is 5.41. The predicted octanol–water partition coefficient (Wildman–Crippen LogP) is 1.88. The Bertz CT molecular complexity index is 427. The smallest absolute Gasteiger partial charge is 0.234 e. The molecule has 110 valence electrons. The first-order valence-corrected chi connectivity index (χ1v) is 7.33. The van der Waals surface area contributed by atoms with E-state index >= 15 is 0 Å². The van der Waals surface area contributed by atoms with Crippen molar-refractivity contribution in [3.8, 4) is 5.75 Å². The summed E-state index contributed by atoms with van der Waals surface area (Å²) in [4.78, 5) is 11.7. The molecule has 1 aliphatic rings. The number of amides is 1. The third-order valence-corrected chi connectivity index (χ3v) is 3.34. The zero-order chi connectivity index (χ0) is 14.4. The second-order valence-electron chi connectivity index (χ2n) is 5.67. The highest BCUT2D eigenvalue weighted by atomic mass is 16.5.